The minimum Gasteiger partial charge on any atom is -0.377 e. The quantitative estimate of drug-likeness (QED) is 0.882. The molecule has 1 aliphatic carbocycles. The van der Waals surface area contributed by atoms with E-state index in [0.717, 1.165) is 19.3 Å². The summed E-state index contributed by atoms with van der Waals surface area (Å²) in [4.78, 5) is 0. The van der Waals surface area contributed by atoms with Crippen LogP contribution < -0.4 is 5.32 Å². The lowest BCUT2D eigenvalue weighted by atomic mass is 9.67. The van der Waals surface area contributed by atoms with Crippen LogP contribution in [-0.4, -0.2) is 25.8 Å². The molecule has 1 saturated carbocycles. The van der Waals surface area contributed by atoms with Crippen LogP contribution in [0.1, 0.15) is 45.1 Å². The summed E-state index contributed by atoms with van der Waals surface area (Å²) in [5.41, 5.74) is 1.83. The Bertz CT molecular complexity index is 403. The van der Waals surface area contributed by atoms with Gasteiger partial charge < -0.3 is 10.1 Å². The molecule has 0 aliphatic heterocycles. The normalized spacial score (nSPS) is 22.4. The molecule has 2 rings (SSSR count). The fourth-order valence-electron chi connectivity index (χ4n) is 3.45. The largest absolute Gasteiger partial charge is 0.377 e. The molecule has 20 heavy (non-hydrogen) atoms. The van der Waals surface area contributed by atoms with Crippen molar-refractivity contribution in [2.24, 2.45) is 5.41 Å². The Labute approximate surface area is 123 Å². The summed E-state index contributed by atoms with van der Waals surface area (Å²) in [5, 5.41) is 3.51. The molecule has 1 fully saturated rings. The molecule has 1 unspecified atom stereocenters. The van der Waals surface area contributed by atoms with Crippen molar-refractivity contribution < 1.29 is 4.74 Å². The lowest BCUT2D eigenvalue weighted by Crippen LogP contribution is -2.54. The van der Waals surface area contributed by atoms with E-state index in [9.17, 15) is 0 Å². The third kappa shape index (κ3) is 3.42. The van der Waals surface area contributed by atoms with Crippen LogP contribution in [0.5, 0.6) is 0 Å². The number of nitrogens with one attached hydrogen (secondary N) is 1. The lowest BCUT2D eigenvalue weighted by molar-refractivity contribution is -0.0847. The van der Waals surface area contributed by atoms with E-state index >= 15 is 0 Å². The van der Waals surface area contributed by atoms with E-state index in [2.05, 4.69) is 56.5 Å². The summed E-state index contributed by atoms with van der Waals surface area (Å²) in [5.74, 6) is 0. The average Bonchev–Trinajstić information content (AvgIpc) is 2.47. The monoisotopic (exact) mass is 275 g/mol. The smallest absolute Gasteiger partial charge is 0.0834 e. The molecule has 1 aliphatic rings. The Hall–Kier alpha value is -0.860. The SMILES string of the molecule is CNC(Cc1ccccc1)C1(OC)CCC(C)(C)CC1. The van der Waals surface area contributed by atoms with Crippen LogP contribution in [0, 0.1) is 5.41 Å². The van der Waals surface area contributed by atoms with Crippen molar-refractivity contribution in [2.75, 3.05) is 14.2 Å². The minimum atomic E-state index is -0.0138. The maximum Gasteiger partial charge on any atom is 0.0834 e. The van der Waals surface area contributed by atoms with Gasteiger partial charge in [0.25, 0.3) is 0 Å². The van der Waals surface area contributed by atoms with Gasteiger partial charge in [-0.05, 0) is 50.1 Å². The Morgan fingerprint density at radius 2 is 1.70 bits per heavy atom. The van der Waals surface area contributed by atoms with Gasteiger partial charge in [-0.25, -0.2) is 0 Å². The maximum atomic E-state index is 6.03. The molecule has 1 aromatic rings. The van der Waals surface area contributed by atoms with Crippen molar-refractivity contribution in [3.8, 4) is 0 Å². The first-order chi connectivity index (χ1) is 9.51. The summed E-state index contributed by atoms with van der Waals surface area (Å²) in [6.45, 7) is 4.75. The van der Waals surface area contributed by atoms with Crippen LogP contribution in [-0.2, 0) is 11.2 Å². The zero-order valence-electron chi connectivity index (χ0n) is 13.4. The highest BCUT2D eigenvalue weighted by atomic mass is 16.5. The second-order valence-electron chi connectivity index (χ2n) is 6.96. The summed E-state index contributed by atoms with van der Waals surface area (Å²) in [7, 11) is 3.95. The van der Waals surface area contributed by atoms with Gasteiger partial charge in [-0.15, -0.1) is 0 Å². The molecular formula is C18H29NO. The molecule has 0 radical (unpaired) electrons. The van der Waals surface area contributed by atoms with Crippen molar-refractivity contribution in [2.45, 2.75) is 57.6 Å². The third-order valence-electron chi connectivity index (χ3n) is 5.12. The fraction of sp³-hybridized carbons (Fsp3) is 0.667. The molecule has 0 amide bonds. The van der Waals surface area contributed by atoms with Crippen LogP contribution in [0.3, 0.4) is 0 Å². The molecule has 1 N–H and O–H groups in total. The second kappa shape index (κ2) is 6.28. The van der Waals surface area contributed by atoms with Gasteiger partial charge >= 0.3 is 0 Å². The fourth-order valence-corrected chi connectivity index (χ4v) is 3.45. The number of hydrogen-bond donors (Lipinski definition) is 1. The van der Waals surface area contributed by atoms with E-state index in [0.29, 0.717) is 11.5 Å². The van der Waals surface area contributed by atoms with Crippen molar-refractivity contribution in [1.82, 2.24) is 5.32 Å². The number of rotatable bonds is 5. The zero-order chi connectivity index (χ0) is 14.6. The van der Waals surface area contributed by atoms with E-state index < -0.39 is 0 Å². The Morgan fingerprint density at radius 3 is 2.20 bits per heavy atom. The van der Waals surface area contributed by atoms with E-state index in [1.807, 2.05) is 7.11 Å². The average molecular weight is 275 g/mol. The van der Waals surface area contributed by atoms with Gasteiger partial charge in [-0.1, -0.05) is 44.2 Å². The summed E-state index contributed by atoms with van der Waals surface area (Å²) in [6, 6.07) is 11.1. The van der Waals surface area contributed by atoms with Crippen LogP contribution in [0.15, 0.2) is 30.3 Å². The van der Waals surface area contributed by atoms with Crippen molar-refractivity contribution >= 4 is 0 Å². The van der Waals surface area contributed by atoms with Gasteiger partial charge in [0.15, 0.2) is 0 Å². The maximum absolute atomic E-state index is 6.03. The zero-order valence-corrected chi connectivity index (χ0v) is 13.4. The second-order valence-corrected chi connectivity index (χ2v) is 6.96. The van der Waals surface area contributed by atoms with Crippen molar-refractivity contribution in [3.05, 3.63) is 35.9 Å². The van der Waals surface area contributed by atoms with Gasteiger partial charge in [-0.3, -0.25) is 0 Å². The molecule has 112 valence electrons. The molecule has 2 heteroatoms. The molecule has 0 bridgehead atoms. The van der Waals surface area contributed by atoms with Gasteiger partial charge in [-0.2, -0.15) is 0 Å². The van der Waals surface area contributed by atoms with Crippen LogP contribution in [0.25, 0.3) is 0 Å². The highest BCUT2D eigenvalue weighted by molar-refractivity contribution is 5.17. The van der Waals surface area contributed by atoms with E-state index in [1.54, 1.807) is 0 Å². The van der Waals surface area contributed by atoms with E-state index in [4.69, 9.17) is 4.74 Å². The predicted molar refractivity (Wildman–Crippen MR) is 85.0 cm³/mol. The first-order valence-corrected chi connectivity index (χ1v) is 7.78. The molecule has 0 saturated heterocycles. The summed E-state index contributed by atoms with van der Waals surface area (Å²) < 4.78 is 6.03. The lowest BCUT2D eigenvalue weighted by Gasteiger charge is -2.47. The third-order valence-corrected chi connectivity index (χ3v) is 5.12. The van der Waals surface area contributed by atoms with Gasteiger partial charge in [0, 0.05) is 13.2 Å². The van der Waals surface area contributed by atoms with Gasteiger partial charge in [0.05, 0.1) is 5.60 Å². The van der Waals surface area contributed by atoms with E-state index in [1.165, 1.54) is 18.4 Å². The van der Waals surface area contributed by atoms with Gasteiger partial charge in [0.2, 0.25) is 0 Å². The summed E-state index contributed by atoms with van der Waals surface area (Å²) >= 11 is 0. The molecular weight excluding hydrogens is 246 g/mol. The number of hydrogen-bond acceptors (Lipinski definition) is 2. The van der Waals surface area contributed by atoms with Crippen LogP contribution >= 0.6 is 0 Å². The highest BCUT2D eigenvalue weighted by Gasteiger charge is 2.43. The van der Waals surface area contributed by atoms with Gasteiger partial charge in [0.1, 0.15) is 0 Å². The Balaban J connectivity index is 2.12. The van der Waals surface area contributed by atoms with Crippen molar-refractivity contribution in [1.29, 1.82) is 0 Å². The molecule has 0 spiro atoms. The number of ether oxygens (including phenoxy) is 1. The highest BCUT2D eigenvalue weighted by Crippen LogP contribution is 2.43. The summed E-state index contributed by atoms with van der Waals surface area (Å²) in [6.07, 6.45) is 5.82. The Kier molecular flexibility index (Phi) is 4.87. The minimum absolute atomic E-state index is 0.0138. The molecule has 2 nitrogen and oxygen atoms in total. The molecule has 0 heterocycles. The van der Waals surface area contributed by atoms with E-state index in [-0.39, 0.29) is 5.60 Å². The Morgan fingerprint density at radius 1 is 1.10 bits per heavy atom. The molecule has 1 aromatic carbocycles. The molecule has 0 aromatic heterocycles. The number of likely N-dealkylation sites (N-methyl/N-ethyl adjacent to an activating group) is 1. The number of methoxy groups -OCH3 is 1. The van der Waals surface area contributed by atoms with Crippen LogP contribution in [0.2, 0.25) is 0 Å². The predicted octanol–water partition coefficient (Wildman–Crippen LogP) is 3.80. The standard InChI is InChI=1S/C18H29NO/c1-17(2)10-12-18(20-4,13-11-17)16(19-3)14-15-8-6-5-7-9-15/h5-9,16,19H,10-14H2,1-4H3. The van der Waals surface area contributed by atoms with Crippen LogP contribution in [0.4, 0.5) is 0 Å². The molecule has 1 atom stereocenters. The topological polar surface area (TPSA) is 21.3 Å². The number of benzene rings is 1. The van der Waals surface area contributed by atoms with Crippen molar-refractivity contribution in [3.63, 3.8) is 0 Å². The first-order valence-electron chi connectivity index (χ1n) is 7.78. The first kappa shape index (κ1) is 15.5.